The van der Waals surface area contributed by atoms with E-state index in [4.69, 9.17) is 5.73 Å². The third kappa shape index (κ3) is 1.06. The Hall–Kier alpha value is -1.51. The largest absolute Gasteiger partial charge is 0.370 e. The van der Waals surface area contributed by atoms with Crippen LogP contribution in [0.25, 0.3) is 0 Å². The standard InChI is InChI=1S/C13H17N3/c1-9-3-4-10-5-6-13(11(10)7-9)8-15-12(14)16(13)2/h3-4,7H,5-6,8H2,1-2H3,(H2,14,15). The molecule has 1 aromatic carbocycles. The highest BCUT2D eigenvalue weighted by Gasteiger charge is 2.46. The Labute approximate surface area is 96.0 Å². The predicted molar refractivity (Wildman–Crippen MR) is 65.4 cm³/mol. The summed E-state index contributed by atoms with van der Waals surface area (Å²) in [5, 5.41) is 0. The molecule has 3 nitrogen and oxygen atoms in total. The monoisotopic (exact) mass is 215 g/mol. The molecule has 0 radical (unpaired) electrons. The highest BCUT2D eigenvalue weighted by Crippen LogP contribution is 2.43. The van der Waals surface area contributed by atoms with Gasteiger partial charge >= 0.3 is 0 Å². The Morgan fingerprint density at radius 2 is 2.25 bits per heavy atom. The first-order valence-corrected chi connectivity index (χ1v) is 5.77. The molecule has 0 amide bonds. The van der Waals surface area contributed by atoms with E-state index in [1.54, 1.807) is 0 Å². The van der Waals surface area contributed by atoms with Crippen LogP contribution in [0, 0.1) is 6.92 Å². The number of hydrogen-bond donors (Lipinski definition) is 1. The summed E-state index contributed by atoms with van der Waals surface area (Å²) >= 11 is 0. The summed E-state index contributed by atoms with van der Waals surface area (Å²) < 4.78 is 0. The van der Waals surface area contributed by atoms with Crippen molar-refractivity contribution < 1.29 is 0 Å². The lowest BCUT2D eigenvalue weighted by molar-refractivity contribution is 0.239. The van der Waals surface area contributed by atoms with Crippen molar-refractivity contribution in [1.82, 2.24) is 4.90 Å². The van der Waals surface area contributed by atoms with E-state index in [0.717, 1.165) is 19.4 Å². The number of benzene rings is 1. The van der Waals surface area contributed by atoms with Gasteiger partial charge in [0.2, 0.25) is 0 Å². The van der Waals surface area contributed by atoms with Gasteiger partial charge in [0, 0.05) is 7.05 Å². The lowest BCUT2D eigenvalue weighted by Gasteiger charge is -2.34. The van der Waals surface area contributed by atoms with E-state index in [-0.39, 0.29) is 5.54 Å². The topological polar surface area (TPSA) is 41.6 Å². The second-order valence-electron chi connectivity index (χ2n) is 4.93. The van der Waals surface area contributed by atoms with Crippen LogP contribution in [0.3, 0.4) is 0 Å². The van der Waals surface area contributed by atoms with E-state index >= 15 is 0 Å². The van der Waals surface area contributed by atoms with Gasteiger partial charge in [-0.05, 0) is 30.9 Å². The van der Waals surface area contributed by atoms with Crippen LogP contribution in [0.15, 0.2) is 23.2 Å². The molecule has 1 unspecified atom stereocenters. The summed E-state index contributed by atoms with van der Waals surface area (Å²) in [6.45, 7) is 2.96. The zero-order chi connectivity index (χ0) is 11.3. The van der Waals surface area contributed by atoms with Crippen LogP contribution in [0.4, 0.5) is 0 Å². The molecule has 84 valence electrons. The van der Waals surface area contributed by atoms with E-state index in [9.17, 15) is 0 Å². The van der Waals surface area contributed by atoms with Gasteiger partial charge in [-0.3, -0.25) is 4.99 Å². The van der Waals surface area contributed by atoms with Gasteiger partial charge in [-0.25, -0.2) is 0 Å². The van der Waals surface area contributed by atoms with Gasteiger partial charge in [0.1, 0.15) is 0 Å². The maximum atomic E-state index is 5.90. The van der Waals surface area contributed by atoms with Crippen molar-refractivity contribution >= 4 is 5.96 Å². The number of fused-ring (bicyclic) bond motifs is 2. The Balaban J connectivity index is 2.13. The zero-order valence-corrected chi connectivity index (χ0v) is 9.83. The second kappa shape index (κ2) is 3.00. The van der Waals surface area contributed by atoms with Crippen LogP contribution in [0.2, 0.25) is 0 Å². The molecule has 2 aliphatic rings. The van der Waals surface area contributed by atoms with E-state index in [1.165, 1.54) is 16.7 Å². The molecule has 3 heteroatoms. The van der Waals surface area contributed by atoms with Gasteiger partial charge in [-0.1, -0.05) is 23.8 Å². The molecule has 3 rings (SSSR count). The molecular formula is C13H17N3. The fourth-order valence-corrected chi connectivity index (χ4v) is 2.97. The fraction of sp³-hybridized carbons (Fsp3) is 0.462. The minimum atomic E-state index is 0.0471. The highest BCUT2D eigenvalue weighted by molar-refractivity contribution is 5.81. The molecule has 2 N–H and O–H groups in total. The molecule has 0 saturated heterocycles. The number of guanidine groups is 1. The number of nitrogens with two attached hydrogens (primary N) is 1. The maximum Gasteiger partial charge on any atom is 0.191 e. The maximum absolute atomic E-state index is 5.90. The summed E-state index contributed by atoms with van der Waals surface area (Å²) in [5.74, 6) is 0.675. The Morgan fingerprint density at radius 3 is 2.94 bits per heavy atom. The lowest BCUT2D eigenvalue weighted by atomic mass is 9.90. The first-order valence-electron chi connectivity index (χ1n) is 5.77. The van der Waals surface area contributed by atoms with E-state index in [2.05, 4.69) is 42.1 Å². The third-order valence-electron chi connectivity index (χ3n) is 4.06. The number of likely N-dealkylation sites (N-methyl/N-ethyl adjacent to an activating group) is 1. The van der Waals surface area contributed by atoms with Gasteiger partial charge in [0.05, 0.1) is 12.1 Å². The first-order chi connectivity index (χ1) is 7.63. The lowest BCUT2D eigenvalue weighted by Crippen LogP contribution is -2.45. The van der Waals surface area contributed by atoms with Gasteiger partial charge < -0.3 is 10.6 Å². The summed E-state index contributed by atoms with van der Waals surface area (Å²) in [5.41, 5.74) is 10.2. The average molecular weight is 215 g/mol. The van der Waals surface area contributed by atoms with Crippen molar-refractivity contribution in [2.45, 2.75) is 25.3 Å². The van der Waals surface area contributed by atoms with Gasteiger partial charge in [0.25, 0.3) is 0 Å². The van der Waals surface area contributed by atoms with E-state index in [1.807, 2.05) is 0 Å². The molecule has 0 fully saturated rings. The molecule has 0 aromatic heterocycles. The van der Waals surface area contributed by atoms with Crippen LogP contribution in [0.1, 0.15) is 23.1 Å². The molecule has 0 bridgehead atoms. The van der Waals surface area contributed by atoms with Crippen LogP contribution >= 0.6 is 0 Å². The van der Waals surface area contributed by atoms with Crippen LogP contribution in [0.5, 0.6) is 0 Å². The zero-order valence-electron chi connectivity index (χ0n) is 9.83. The molecule has 1 aromatic rings. The number of nitrogens with zero attached hydrogens (tertiary/aromatic N) is 2. The van der Waals surface area contributed by atoms with Gasteiger partial charge in [-0.2, -0.15) is 0 Å². The Bertz CT molecular complexity index is 478. The van der Waals surface area contributed by atoms with Gasteiger partial charge in [0.15, 0.2) is 5.96 Å². The molecule has 1 aliphatic carbocycles. The number of aliphatic imine (C=N–C) groups is 1. The summed E-state index contributed by atoms with van der Waals surface area (Å²) in [4.78, 5) is 6.55. The fourth-order valence-electron chi connectivity index (χ4n) is 2.97. The van der Waals surface area contributed by atoms with Crippen molar-refractivity contribution in [1.29, 1.82) is 0 Å². The van der Waals surface area contributed by atoms with Gasteiger partial charge in [-0.15, -0.1) is 0 Å². The third-order valence-corrected chi connectivity index (χ3v) is 4.06. The summed E-state index contributed by atoms with van der Waals surface area (Å²) in [7, 11) is 2.06. The van der Waals surface area contributed by atoms with E-state index < -0.39 is 0 Å². The number of hydrogen-bond acceptors (Lipinski definition) is 3. The molecule has 1 atom stereocenters. The average Bonchev–Trinajstić information content (AvgIpc) is 2.77. The van der Waals surface area contributed by atoms with Crippen molar-refractivity contribution in [2.75, 3.05) is 13.6 Å². The van der Waals surface area contributed by atoms with Crippen molar-refractivity contribution in [3.05, 3.63) is 34.9 Å². The first kappa shape index (κ1) is 9.70. The molecule has 1 spiro atoms. The minimum Gasteiger partial charge on any atom is -0.370 e. The summed E-state index contributed by atoms with van der Waals surface area (Å²) in [6, 6.07) is 6.74. The molecule has 16 heavy (non-hydrogen) atoms. The molecule has 1 aliphatic heterocycles. The number of rotatable bonds is 0. The molecule has 0 saturated carbocycles. The predicted octanol–water partition coefficient (Wildman–Crippen LogP) is 1.40. The minimum absolute atomic E-state index is 0.0471. The SMILES string of the molecule is Cc1ccc2c(c1)C1(CC2)CN=C(N)N1C. The van der Waals surface area contributed by atoms with Crippen LogP contribution in [-0.4, -0.2) is 24.5 Å². The van der Waals surface area contributed by atoms with Crippen molar-refractivity contribution in [3.63, 3.8) is 0 Å². The second-order valence-corrected chi connectivity index (χ2v) is 4.93. The van der Waals surface area contributed by atoms with Crippen LogP contribution < -0.4 is 5.73 Å². The van der Waals surface area contributed by atoms with Crippen molar-refractivity contribution in [2.24, 2.45) is 10.7 Å². The van der Waals surface area contributed by atoms with Crippen molar-refractivity contribution in [3.8, 4) is 0 Å². The molecular weight excluding hydrogens is 198 g/mol. The Morgan fingerprint density at radius 1 is 1.44 bits per heavy atom. The quantitative estimate of drug-likeness (QED) is 0.710. The smallest absolute Gasteiger partial charge is 0.191 e. The molecule has 1 heterocycles. The Kier molecular flexibility index (Phi) is 1.82. The van der Waals surface area contributed by atoms with E-state index in [0.29, 0.717) is 5.96 Å². The van der Waals surface area contributed by atoms with Crippen LogP contribution in [-0.2, 0) is 12.0 Å². The number of aryl methyl sites for hydroxylation is 2. The highest BCUT2D eigenvalue weighted by atomic mass is 15.3. The summed E-state index contributed by atoms with van der Waals surface area (Å²) in [6.07, 6.45) is 2.27. The normalized spacial score (nSPS) is 27.4.